The van der Waals surface area contributed by atoms with Crippen LogP contribution in [0.5, 0.6) is 5.75 Å². The van der Waals surface area contributed by atoms with E-state index in [9.17, 15) is 9.59 Å². The third-order valence-electron chi connectivity index (χ3n) is 6.04. The first-order valence-electron chi connectivity index (χ1n) is 11.6. The molecule has 0 spiro atoms. The molecule has 34 heavy (non-hydrogen) atoms. The SMILES string of the molecule is COc1ccc(C2Sc3ccccc3N(CCN(C)C(C)C)C(=O)C2OC(=O)C(C)(C)C)cc1. The van der Waals surface area contributed by atoms with Gasteiger partial charge in [0.15, 0.2) is 6.10 Å². The Morgan fingerprint density at radius 3 is 2.35 bits per heavy atom. The molecule has 0 radical (unpaired) electrons. The molecule has 2 unspecified atom stereocenters. The lowest BCUT2D eigenvalue weighted by atomic mass is 9.97. The molecule has 0 aromatic heterocycles. The molecule has 2 atom stereocenters. The minimum atomic E-state index is -0.957. The molecule has 0 N–H and O–H groups in total. The van der Waals surface area contributed by atoms with Crippen LogP contribution >= 0.6 is 11.8 Å². The maximum atomic E-state index is 14.1. The molecule has 0 saturated carbocycles. The first-order valence-corrected chi connectivity index (χ1v) is 12.5. The van der Waals surface area contributed by atoms with Crippen molar-refractivity contribution in [1.82, 2.24) is 4.90 Å². The summed E-state index contributed by atoms with van der Waals surface area (Å²) in [6.07, 6.45) is -0.957. The van der Waals surface area contributed by atoms with Gasteiger partial charge in [-0.05, 0) is 71.5 Å². The standard InChI is InChI=1S/C27H36N2O4S/c1-18(2)28(6)16-17-29-21-10-8-9-11-22(21)34-24(19-12-14-20(32-7)15-13-19)23(25(29)30)33-26(31)27(3,4)5/h8-15,18,23-24H,16-17H2,1-7H3. The van der Waals surface area contributed by atoms with Crippen molar-refractivity contribution in [3.63, 3.8) is 0 Å². The largest absolute Gasteiger partial charge is 0.497 e. The highest BCUT2D eigenvalue weighted by molar-refractivity contribution is 7.99. The van der Waals surface area contributed by atoms with Crippen molar-refractivity contribution in [2.75, 3.05) is 32.1 Å². The second-order valence-corrected chi connectivity index (χ2v) is 11.1. The Balaban J connectivity index is 2.06. The molecule has 184 valence electrons. The first-order chi connectivity index (χ1) is 16.0. The number of rotatable bonds is 7. The van der Waals surface area contributed by atoms with Gasteiger partial charge in [-0.25, -0.2) is 0 Å². The van der Waals surface area contributed by atoms with Crippen molar-refractivity contribution in [2.45, 2.75) is 56.9 Å². The van der Waals surface area contributed by atoms with Gasteiger partial charge in [0.05, 0.1) is 23.5 Å². The van der Waals surface area contributed by atoms with Crippen LogP contribution in [0, 0.1) is 5.41 Å². The number of anilines is 1. The van der Waals surface area contributed by atoms with Crippen LogP contribution in [0.1, 0.15) is 45.4 Å². The third kappa shape index (κ3) is 5.94. The van der Waals surface area contributed by atoms with Crippen LogP contribution < -0.4 is 9.64 Å². The molecule has 7 heteroatoms. The number of hydrogen-bond acceptors (Lipinski definition) is 6. The number of fused-ring (bicyclic) bond motifs is 1. The fraction of sp³-hybridized carbons (Fsp3) is 0.481. The number of nitrogens with zero attached hydrogens (tertiary/aromatic N) is 2. The summed E-state index contributed by atoms with van der Waals surface area (Å²) in [6, 6.07) is 15.9. The van der Waals surface area contributed by atoms with Gasteiger partial charge in [-0.1, -0.05) is 24.3 Å². The topological polar surface area (TPSA) is 59.1 Å². The zero-order valence-corrected chi connectivity index (χ0v) is 22.0. The fourth-order valence-corrected chi connectivity index (χ4v) is 4.89. The van der Waals surface area contributed by atoms with Crippen LogP contribution in [0.15, 0.2) is 53.4 Å². The van der Waals surface area contributed by atoms with E-state index in [2.05, 4.69) is 18.7 Å². The molecule has 1 amide bonds. The van der Waals surface area contributed by atoms with Gasteiger partial charge in [-0.3, -0.25) is 9.59 Å². The summed E-state index contributed by atoms with van der Waals surface area (Å²) in [5, 5.41) is -0.390. The number of benzene rings is 2. The van der Waals surface area contributed by atoms with Gasteiger partial charge in [-0.2, -0.15) is 0 Å². The van der Waals surface area contributed by atoms with Gasteiger partial charge in [-0.15, -0.1) is 11.8 Å². The second kappa shape index (κ2) is 10.8. The van der Waals surface area contributed by atoms with Crippen LogP contribution in [0.25, 0.3) is 0 Å². The summed E-state index contributed by atoms with van der Waals surface area (Å²) in [5.74, 6) is 0.138. The number of carbonyl (C=O) groups excluding carboxylic acids is 2. The maximum Gasteiger partial charge on any atom is 0.312 e. The number of amides is 1. The molecule has 6 nitrogen and oxygen atoms in total. The fourth-order valence-electron chi connectivity index (χ4n) is 3.57. The lowest BCUT2D eigenvalue weighted by Crippen LogP contribution is -2.47. The van der Waals surface area contributed by atoms with Gasteiger partial charge < -0.3 is 19.3 Å². The smallest absolute Gasteiger partial charge is 0.312 e. The highest BCUT2D eigenvalue weighted by atomic mass is 32.2. The van der Waals surface area contributed by atoms with E-state index in [-0.39, 0.29) is 5.91 Å². The molecule has 0 saturated heterocycles. The third-order valence-corrected chi connectivity index (χ3v) is 7.42. The predicted molar refractivity (Wildman–Crippen MR) is 137 cm³/mol. The van der Waals surface area contributed by atoms with Crippen LogP contribution in [0.4, 0.5) is 5.69 Å². The molecule has 2 aromatic rings. The monoisotopic (exact) mass is 484 g/mol. The number of thioether (sulfide) groups is 1. The van der Waals surface area contributed by atoms with Gasteiger partial charge in [0.2, 0.25) is 0 Å². The molecular weight excluding hydrogens is 448 g/mol. The van der Waals surface area contributed by atoms with Crippen molar-refractivity contribution >= 4 is 29.3 Å². The van der Waals surface area contributed by atoms with E-state index in [4.69, 9.17) is 9.47 Å². The van der Waals surface area contributed by atoms with Crippen molar-refractivity contribution in [3.8, 4) is 5.75 Å². The van der Waals surface area contributed by atoms with Gasteiger partial charge in [0.25, 0.3) is 5.91 Å². The predicted octanol–water partition coefficient (Wildman–Crippen LogP) is 5.17. The molecule has 1 aliphatic heterocycles. The summed E-state index contributed by atoms with van der Waals surface area (Å²) >= 11 is 1.56. The summed E-state index contributed by atoms with van der Waals surface area (Å²) in [6.45, 7) is 10.9. The van der Waals surface area contributed by atoms with Gasteiger partial charge in [0, 0.05) is 24.0 Å². The Labute approximate surface area is 207 Å². The summed E-state index contributed by atoms with van der Waals surface area (Å²) in [5.41, 5.74) is 1.03. The Kier molecular flexibility index (Phi) is 8.31. The van der Waals surface area contributed by atoms with Gasteiger partial charge in [0.1, 0.15) is 5.75 Å². The normalized spacial score (nSPS) is 18.6. The van der Waals surface area contributed by atoms with Crippen LogP contribution in [0.3, 0.4) is 0 Å². The molecule has 0 bridgehead atoms. The number of likely N-dealkylation sites (N-methyl/N-ethyl adjacent to an activating group) is 1. The average molecular weight is 485 g/mol. The summed E-state index contributed by atoms with van der Waals surface area (Å²) < 4.78 is 11.3. The average Bonchev–Trinajstić information content (AvgIpc) is 2.91. The Hall–Kier alpha value is -2.51. The number of methoxy groups -OCH3 is 1. The van der Waals surface area contributed by atoms with Gasteiger partial charge >= 0.3 is 5.97 Å². The second-order valence-electron chi connectivity index (χ2n) is 9.92. The molecule has 1 heterocycles. The highest BCUT2D eigenvalue weighted by Gasteiger charge is 2.42. The van der Waals surface area contributed by atoms with Crippen molar-refractivity contribution in [3.05, 3.63) is 54.1 Å². The van der Waals surface area contributed by atoms with Crippen LogP contribution in [-0.2, 0) is 14.3 Å². The van der Waals surface area contributed by atoms with E-state index in [1.807, 2.05) is 55.6 Å². The highest BCUT2D eigenvalue weighted by Crippen LogP contribution is 2.47. The van der Waals surface area contributed by atoms with E-state index in [0.29, 0.717) is 19.1 Å². The summed E-state index contributed by atoms with van der Waals surface area (Å²) in [7, 11) is 3.67. The zero-order valence-electron chi connectivity index (χ0n) is 21.2. The summed E-state index contributed by atoms with van der Waals surface area (Å²) in [4.78, 5) is 32.0. The van der Waals surface area contributed by atoms with E-state index in [1.54, 1.807) is 44.5 Å². The Morgan fingerprint density at radius 2 is 1.76 bits per heavy atom. The van der Waals surface area contributed by atoms with E-state index >= 15 is 0 Å². The number of ether oxygens (including phenoxy) is 2. The lowest BCUT2D eigenvalue weighted by Gasteiger charge is -2.31. The first kappa shape index (κ1) is 26.1. The molecule has 1 aliphatic rings. The molecule has 0 aliphatic carbocycles. The Bertz CT molecular complexity index is 1000. The van der Waals surface area contributed by atoms with E-state index < -0.39 is 22.7 Å². The van der Waals surface area contributed by atoms with Crippen molar-refractivity contribution in [2.24, 2.45) is 5.41 Å². The van der Waals surface area contributed by atoms with E-state index in [1.165, 1.54) is 0 Å². The minimum absolute atomic E-state index is 0.201. The lowest BCUT2D eigenvalue weighted by molar-refractivity contribution is -0.162. The number of carbonyl (C=O) groups is 2. The molecule has 3 rings (SSSR count). The quantitative estimate of drug-likeness (QED) is 0.505. The minimum Gasteiger partial charge on any atom is -0.497 e. The number of para-hydroxylation sites is 1. The van der Waals surface area contributed by atoms with E-state index in [0.717, 1.165) is 21.9 Å². The number of esters is 1. The maximum absolute atomic E-state index is 14.1. The zero-order chi connectivity index (χ0) is 25.0. The molecular formula is C27H36N2O4S. The van der Waals surface area contributed by atoms with Crippen LogP contribution in [0.2, 0.25) is 0 Å². The Morgan fingerprint density at radius 1 is 1.12 bits per heavy atom. The van der Waals surface area contributed by atoms with Crippen molar-refractivity contribution in [1.29, 1.82) is 0 Å². The van der Waals surface area contributed by atoms with Crippen molar-refractivity contribution < 1.29 is 19.1 Å². The molecule has 2 aromatic carbocycles. The number of hydrogen-bond donors (Lipinski definition) is 0. The molecule has 0 fully saturated rings. The van der Waals surface area contributed by atoms with Crippen LogP contribution in [-0.4, -0.2) is 56.2 Å².